The molecule has 5 nitrogen and oxygen atoms in total. The maximum Gasteiger partial charge on any atom is 0.172 e. The zero-order chi connectivity index (χ0) is 16.5. The molecule has 0 amide bonds. The highest BCUT2D eigenvalue weighted by atomic mass is 16.6. The van der Waals surface area contributed by atoms with Gasteiger partial charge in [0, 0.05) is 18.5 Å². The van der Waals surface area contributed by atoms with Crippen molar-refractivity contribution in [3.8, 4) is 11.5 Å². The predicted molar refractivity (Wildman–Crippen MR) is 97.3 cm³/mol. The van der Waals surface area contributed by atoms with E-state index in [1.54, 1.807) is 0 Å². The third-order valence-electron chi connectivity index (χ3n) is 4.21. The molecule has 1 N–H and O–H groups in total. The predicted octanol–water partition coefficient (Wildman–Crippen LogP) is 3.13. The first-order chi connectivity index (χ1) is 11.7. The summed E-state index contributed by atoms with van der Waals surface area (Å²) in [6.07, 6.45) is 0. The van der Waals surface area contributed by atoms with E-state index < -0.39 is 0 Å². The van der Waals surface area contributed by atoms with Gasteiger partial charge in [-0.1, -0.05) is 18.2 Å². The zero-order valence-electron chi connectivity index (χ0n) is 14.0. The first-order valence-corrected chi connectivity index (χ1v) is 8.24. The molecule has 0 aliphatic carbocycles. The number of ether oxygens (including phenoxy) is 2. The lowest BCUT2D eigenvalue weighted by molar-refractivity contribution is 0.174. The fraction of sp³-hybridized carbons (Fsp3) is 0.316. The van der Waals surface area contributed by atoms with Crippen molar-refractivity contribution in [2.24, 2.45) is 0 Å². The van der Waals surface area contributed by atoms with Crippen LogP contribution in [0.3, 0.4) is 0 Å². The summed E-state index contributed by atoms with van der Waals surface area (Å²) >= 11 is 0. The van der Waals surface area contributed by atoms with E-state index >= 15 is 0 Å². The van der Waals surface area contributed by atoms with E-state index in [0.29, 0.717) is 13.2 Å². The summed E-state index contributed by atoms with van der Waals surface area (Å²) in [7, 11) is 4.15. The van der Waals surface area contributed by atoms with Gasteiger partial charge in [-0.25, -0.2) is 4.98 Å². The Balaban J connectivity index is 1.94. The van der Waals surface area contributed by atoms with Crippen molar-refractivity contribution in [1.82, 2.24) is 9.88 Å². The zero-order valence-corrected chi connectivity index (χ0v) is 14.0. The molecule has 0 spiro atoms. The molecule has 4 rings (SSSR count). The van der Waals surface area contributed by atoms with Gasteiger partial charge in [-0.2, -0.15) is 0 Å². The number of likely N-dealkylation sites (N-methyl/N-ethyl adjacent to an activating group) is 1. The Morgan fingerprint density at radius 1 is 1.04 bits per heavy atom. The van der Waals surface area contributed by atoms with Gasteiger partial charge in [0.05, 0.1) is 22.1 Å². The molecule has 1 aliphatic rings. The summed E-state index contributed by atoms with van der Waals surface area (Å²) in [4.78, 5) is 6.96. The molecule has 0 saturated heterocycles. The lowest BCUT2D eigenvalue weighted by Crippen LogP contribution is -2.21. The van der Waals surface area contributed by atoms with Gasteiger partial charge < -0.3 is 19.7 Å². The topological polar surface area (TPSA) is 46.6 Å². The molecule has 0 saturated carbocycles. The van der Waals surface area contributed by atoms with Gasteiger partial charge in [-0.3, -0.25) is 0 Å². The second-order valence-corrected chi connectivity index (χ2v) is 6.22. The van der Waals surface area contributed by atoms with E-state index in [4.69, 9.17) is 14.5 Å². The maximum atomic E-state index is 5.94. The average molecular weight is 323 g/mol. The summed E-state index contributed by atoms with van der Waals surface area (Å²) in [5, 5.41) is 5.70. The molecular formula is C19H21N3O2. The first kappa shape index (κ1) is 15.0. The van der Waals surface area contributed by atoms with Gasteiger partial charge in [0.1, 0.15) is 13.2 Å². The molecule has 0 atom stereocenters. The van der Waals surface area contributed by atoms with E-state index in [2.05, 4.69) is 30.4 Å². The molecule has 1 aromatic heterocycles. The minimum Gasteiger partial charge on any atom is -0.486 e. The molecule has 2 heterocycles. The molecule has 24 heavy (non-hydrogen) atoms. The van der Waals surface area contributed by atoms with E-state index in [1.165, 1.54) is 0 Å². The molecule has 0 bridgehead atoms. The highest BCUT2D eigenvalue weighted by molar-refractivity contribution is 6.10. The normalized spacial score (nSPS) is 13.6. The summed E-state index contributed by atoms with van der Waals surface area (Å²) < 4.78 is 11.7. The summed E-state index contributed by atoms with van der Waals surface area (Å²) in [6.45, 7) is 2.95. The molecule has 1 aliphatic heterocycles. The Hall–Kier alpha value is -2.53. The Bertz CT molecular complexity index is 893. The number of aromatic nitrogens is 1. The lowest BCUT2D eigenvalue weighted by Gasteiger charge is -2.22. The number of nitrogens with one attached hydrogen (secondary N) is 1. The second-order valence-electron chi connectivity index (χ2n) is 6.22. The van der Waals surface area contributed by atoms with Gasteiger partial charge in [0.15, 0.2) is 11.5 Å². The summed E-state index contributed by atoms with van der Waals surface area (Å²) in [6, 6.07) is 12.2. The first-order valence-electron chi connectivity index (χ1n) is 8.24. The quantitative estimate of drug-likeness (QED) is 0.748. The van der Waals surface area contributed by atoms with E-state index in [-0.39, 0.29) is 0 Å². The fourth-order valence-corrected chi connectivity index (χ4v) is 3.08. The van der Waals surface area contributed by atoms with Gasteiger partial charge in [-0.05, 0) is 32.3 Å². The van der Waals surface area contributed by atoms with Crippen LogP contribution < -0.4 is 14.8 Å². The molecular weight excluding hydrogens is 302 g/mol. The smallest absolute Gasteiger partial charge is 0.172 e. The lowest BCUT2D eigenvalue weighted by atomic mass is 10.1. The largest absolute Gasteiger partial charge is 0.486 e. The van der Waals surface area contributed by atoms with Crippen molar-refractivity contribution >= 4 is 27.5 Å². The van der Waals surface area contributed by atoms with Crippen molar-refractivity contribution in [2.75, 3.05) is 45.7 Å². The molecule has 124 valence electrons. The van der Waals surface area contributed by atoms with Crippen LogP contribution in [0.2, 0.25) is 0 Å². The highest BCUT2D eigenvalue weighted by Gasteiger charge is 2.20. The van der Waals surface area contributed by atoms with Crippen LogP contribution in [0, 0.1) is 0 Å². The molecule has 0 unspecified atom stereocenters. The van der Waals surface area contributed by atoms with Crippen LogP contribution in [0.25, 0.3) is 21.8 Å². The van der Waals surface area contributed by atoms with Crippen molar-refractivity contribution in [2.45, 2.75) is 0 Å². The third-order valence-corrected chi connectivity index (χ3v) is 4.21. The number of pyridine rings is 1. The molecule has 5 heteroatoms. The average Bonchev–Trinajstić information content (AvgIpc) is 2.60. The number of rotatable bonds is 4. The van der Waals surface area contributed by atoms with Gasteiger partial charge in [0.25, 0.3) is 0 Å². The van der Waals surface area contributed by atoms with Crippen molar-refractivity contribution in [1.29, 1.82) is 0 Å². The number of benzene rings is 2. The monoisotopic (exact) mass is 323 g/mol. The molecule has 2 aromatic carbocycles. The van der Waals surface area contributed by atoms with E-state index in [0.717, 1.165) is 52.1 Å². The minimum absolute atomic E-state index is 0.566. The van der Waals surface area contributed by atoms with Gasteiger partial charge >= 0.3 is 0 Å². The number of para-hydroxylation sites is 1. The highest BCUT2D eigenvalue weighted by Crippen LogP contribution is 2.43. The van der Waals surface area contributed by atoms with Crippen LogP contribution in [0.15, 0.2) is 36.4 Å². The Kier molecular flexibility index (Phi) is 3.86. The van der Waals surface area contributed by atoms with Gasteiger partial charge in [0.2, 0.25) is 0 Å². The van der Waals surface area contributed by atoms with E-state index in [1.807, 2.05) is 30.3 Å². The molecule has 0 fully saturated rings. The van der Waals surface area contributed by atoms with Crippen LogP contribution in [0.4, 0.5) is 5.69 Å². The Labute approximate surface area is 141 Å². The van der Waals surface area contributed by atoms with Crippen LogP contribution >= 0.6 is 0 Å². The summed E-state index contributed by atoms with van der Waals surface area (Å²) in [5.74, 6) is 1.59. The van der Waals surface area contributed by atoms with E-state index in [9.17, 15) is 0 Å². The number of anilines is 1. The van der Waals surface area contributed by atoms with Crippen molar-refractivity contribution in [3.05, 3.63) is 36.4 Å². The van der Waals surface area contributed by atoms with Gasteiger partial charge in [-0.15, -0.1) is 0 Å². The van der Waals surface area contributed by atoms with Crippen LogP contribution in [-0.2, 0) is 0 Å². The second kappa shape index (κ2) is 6.17. The summed E-state index contributed by atoms with van der Waals surface area (Å²) in [5.41, 5.74) is 2.97. The Morgan fingerprint density at radius 2 is 1.88 bits per heavy atom. The van der Waals surface area contributed by atoms with Crippen molar-refractivity contribution in [3.63, 3.8) is 0 Å². The SMILES string of the molecule is CN(C)CCNc1c2ccccc2nc2ccc3c(c12)OCCO3. The number of nitrogens with zero attached hydrogens (tertiary/aromatic N) is 2. The van der Waals surface area contributed by atoms with Crippen LogP contribution in [-0.4, -0.2) is 50.3 Å². The maximum absolute atomic E-state index is 5.94. The number of hydrogen-bond donors (Lipinski definition) is 1. The van der Waals surface area contributed by atoms with Crippen molar-refractivity contribution < 1.29 is 9.47 Å². The fourth-order valence-electron chi connectivity index (χ4n) is 3.08. The molecule has 0 radical (unpaired) electrons. The standard InChI is InChI=1S/C19H21N3O2/c1-22(2)10-9-20-18-13-5-3-4-6-14(13)21-15-7-8-16-19(17(15)18)24-12-11-23-16/h3-8H,9-12H2,1-2H3,(H,20,21). The van der Waals surface area contributed by atoms with Crippen LogP contribution in [0.1, 0.15) is 0 Å². The molecule has 3 aromatic rings. The number of hydrogen-bond acceptors (Lipinski definition) is 5. The Morgan fingerprint density at radius 3 is 2.75 bits per heavy atom. The van der Waals surface area contributed by atoms with Crippen LogP contribution in [0.5, 0.6) is 11.5 Å². The minimum atomic E-state index is 0.566. The number of fused-ring (bicyclic) bond motifs is 4. The third kappa shape index (κ3) is 2.61.